The monoisotopic (exact) mass is 970 g/mol. The summed E-state index contributed by atoms with van der Waals surface area (Å²) < 4.78 is 40.3. The molecule has 8 rings (SSSR count). The highest BCUT2D eigenvalue weighted by atomic mass is 16.7. The summed E-state index contributed by atoms with van der Waals surface area (Å²) in [7, 11) is 1.35. The van der Waals surface area contributed by atoms with Gasteiger partial charge in [0.05, 0.1) is 37.3 Å². The lowest BCUT2D eigenvalue weighted by Crippen LogP contribution is -2.67. The first-order valence-corrected chi connectivity index (χ1v) is 24.3. The maximum Gasteiger partial charge on any atom is 0.335 e. The number of aliphatic carboxylic acids is 1. The summed E-state index contributed by atoms with van der Waals surface area (Å²) in [5.74, 6) is -2.82. The Morgan fingerprint density at radius 3 is 2.04 bits per heavy atom. The Kier molecular flexibility index (Phi) is 13.9. The van der Waals surface area contributed by atoms with Crippen molar-refractivity contribution in [3.8, 4) is 0 Å². The standard InChI is InChI=1S/C48H74O20/c1-43(2)25-10-13-47(6)26(45(25,4)12-11-27(43)65-40-34(57)35(33(56)36(67-40)37(58)59)66-38-31(54)28(51)23(50)20-63-38)9-8-21-22-18-44(3,41(60)62-7)14-16-48(22,17-15-46(21,47)5)42(61)68-39-32(55)30(53)29(52)24(19-49)64-39/h8,22-36,38-40,49-57H,9-20H2,1-7H3,(H,58,59)/t22-,23-,24+,25-,26+,27-,28-,29+,30-,31+,32+,33-,34+,35-,36-,38-,39-,40+,44+,45-,46+,47+,48-/m0/s1. The minimum Gasteiger partial charge on any atom is -0.479 e. The lowest BCUT2D eigenvalue weighted by molar-refractivity contribution is -0.357. The second kappa shape index (κ2) is 18.3. The minimum atomic E-state index is -1.92. The van der Waals surface area contributed by atoms with Gasteiger partial charge in [0.15, 0.2) is 18.7 Å². The van der Waals surface area contributed by atoms with Crippen molar-refractivity contribution < 1.29 is 98.6 Å². The quantitative estimate of drug-likeness (QED) is 0.0828. The summed E-state index contributed by atoms with van der Waals surface area (Å²) in [4.78, 5) is 40.6. The second-order valence-electron chi connectivity index (χ2n) is 22.9. The van der Waals surface area contributed by atoms with Gasteiger partial charge in [0.1, 0.15) is 61.0 Å². The number of fused-ring (bicyclic) bond motifs is 7. The van der Waals surface area contributed by atoms with Gasteiger partial charge in [-0.3, -0.25) is 9.59 Å². The molecule has 0 spiro atoms. The molecule has 7 fully saturated rings. The van der Waals surface area contributed by atoms with Crippen LogP contribution in [0, 0.1) is 50.2 Å². The molecule has 0 radical (unpaired) electrons. The molecule has 3 heterocycles. The molecule has 5 aliphatic carbocycles. The van der Waals surface area contributed by atoms with Crippen molar-refractivity contribution in [2.75, 3.05) is 20.3 Å². The van der Waals surface area contributed by atoms with E-state index < -0.39 is 145 Å². The Morgan fingerprint density at radius 2 is 1.38 bits per heavy atom. The third-order valence-electron chi connectivity index (χ3n) is 19.3. The highest BCUT2D eigenvalue weighted by Gasteiger charge is 2.71. The van der Waals surface area contributed by atoms with Crippen LogP contribution in [0.5, 0.6) is 0 Å². The van der Waals surface area contributed by atoms with Gasteiger partial charge in [-0.1, -0.05) is 46.3 Å². The average Bonchev–Trinajstić information content (AvgIpc) is 3.29. The molecule has 10 N–H and O–H groups in total. The Hall–Kier alpha value is -2.41. The number of hydrogen-bond donors (Lipinski definition) is 10. The first kappa shape index (κ1) is 51.9. The zero-order valence-electron chi connectivity index (χ0n) is 40.0. The van der Waals surface area contributed by atoms with Gasteiger partial charge in [0.25, 0.3) is 0 Å². The van der Waals surface area contributed by atoms with E-state index in [0.29, 0.717) is 44.9 Å². The Morgan fingerprint density at radius 1 is 0.706 bits per heavy atom. The van der Waals surface area contributed by atoms with Gasteiger partial charge in [-0.05, 0) is 111 Å². The van der Waals surface area contributed by atoms with Gasteiger partial charge >= 0.3 is 17.9 Å². The summed E-state index contributed by atoms with van der Waals surface area (Å²) in [6.45, 7) is 11.9. The van der Waals surface area contributed by atoms with E-state index >= 15 is 0 Å². The van der Waals surface area contributed by atoms with Crippen LogP contribution in [0.15, 0.2) is 11.6 Å². The van der Waals surface area contributed by atoms with E-state index in [-0.39, 0.29) is 35.1 Å². The fraction of sp³-hybridized carbons (Fsp3) is 0.896. The van der Waals surface area contributed by atoms with E-state index in [1.807, 2.05) is 6.92 Å². The molecule has 4 saturated carbocycles. The van der Waals surface area contributed by atoms with Crippen molar-refractivity contribution in [3.63, 3.8) is 0 Å². The largest absolute Gasteiger partial charge is 0.479 e. The minimum absolute atomic E-state index is 0.0613. The van der Waals surface area contributed by atoms with Crippen molar-refractivity contribution in [2.45, 2.75) is 198 Å². The van der Waals surface area contributed by atoms with E-state index in [0.717, 1.165) is 18.4 Å². The molecular formula is C48H74O20. The van der Waals surface area contributed by atoms with Crippen molar-refractivity contribution in [3.05, 3.63) is 11.6 Å². The van der Waals surface area contributed by atoms with Crippen molar-refractivity contribution in [1.29, 1.82) is 0 Å². The first-order valence-electron chi connectivity index (χ1n) is 24.3. The lowest BCUT2D eigenvalue weighted by atomic mass is 9.33. The number of esters is 2. The Labute approximate surface area is 395 Å². The highest BCUT2D eigenvalue weighted by Crippen LogP contribution is 2.76. The fourth-order valence-electron chi connectivity index (χ4n) is 15.0. The number of allylic oxidation sites excluding steroid dienone is 2. The zero-order valence-corrected chi connectivity index (χ0v) is 40.0. The summed E-state index contributed by atoms with van der Waals surface area (Å²) in [5, 5.41) is 105. The molecule has 20 heteroatoms. The maximum atomic E-state index is 14.8. The number of carboxylic acid groups (broad SMARTS) is 1. The van der Waals surface area contributed by atoms with Gasteiger partial charge in [0, 0.05) is 0 Å². The molecule has 3 saturated heterocycles. The van der Waals surface area contributed by atoms with Gasteiger partial charge in [-0.2, -0.15) is 0 Å². The van der Waals surface area contributed by atoms with Crippen LogP contribution < -0.4 is 0 Å². The van der Waals surface area contributed by atoms with Crippen LogP contribution >= 0.6 is 0 Å². The predicted molar refractivity (Wildman–Crippen MR) is 231 cm³/mol. The van der Waals surface area contributed by atoms with E-state index in [4.69, 9.17) is 33.2 Å². The molecule has 0 aromatic heterocycles. The van der Waals surface area contributed by atoms with E-state index in [1.54, 1.807) is 0 Å². The molecule has 8 aliphatic rings. The average molecular weight is 971 g/mol. The molecule has 0 unspecified atom stereocenters. The summed E-state index contributed by atoms with van der Waals surface area (Å²) in [5.41, 5.74) is -2.55. The number of aliphatic hydroxyl groups is 9. The highest BCUT2D eigenvalue weighted by molar-refractivity contribution is 5.81. The van der Waals surface area contributed by atoms with Crippen molar-refractivity contribution in [1.82, 2.24) is 0 Å². The number of rotatable bonds is 9. The number of carbonyl (C=O) groups is 3. The molecule has 386 valence electrons. The van der Waals surface area contributed by atoms with Crippen molar-refractivity contribution in [2.24, 2.45) is 50.2 Å². The second-order valence-corrected chi connectivity index (χ2v) is 22.9. The Bertz CT molecular complexity index is 1950. The maximum absolute atomic E-state index is 14.8. The SMILES string of the molecule is COC(=O)[C@]1(C)CC[C@]2(C(=O)O[C@@H]3O[C@H](CO)[C@@H](O)[C@H](O)[C@H]3O)CC[C@]3(C)C(=CC[C@@H]4[C@@]5(C)CC[C@H](O[C@@H]6O[C@H](C(=O)O)[C@@H](O)[C@H](O[C@@H]7OC[C@H](O)[C@H](O)[C@H]7O)[C@H]6O)C(C)(C)[C@@H]5CC[C@]43C)[C@@H]2C1. The van der Waals surface area contributed by atoms with Gasteiger partial charge in [-0.15, -0.1) is 0 Å². The predicted octanol–water partition coefficient (Wildman–Crippen LogP) is 0.0250. The normalized spacial score (nSPS) is 52.2. The number of ether oxygens (including phenoxy) is 7. The van der Waals surface area contributed by atoms with Crippen LogP contribution in [-0.4, -0.2) is 181 Å². The molecule has 3 aliphatic heterocycles. The van der Waals surface area contributed by atoms with E-state index in [9.17, 15) is 65.4 Å². The van der Waals surface area contributed by atoms with Crippen LogP contribution in [0.3, 0.4) is 0 Å². The molecule has 20 nitrogen and oxygen atoms in total. The number of carboxylic acids is 1. The third-order valence-corrected chi connectivity index (χ3v) is 19.3. The van der Waals surface area contributed by atoms with Crippen LogP contribution in [0.1, 0.15) is 106 Å². The van der Waals surface area contributed by atoms with E-state index in [1.165, 1.54) is 7.11 Å². The first-order chi connectivity index (χ1) is 31.8. The smallest absolute Gasteiger partial charge is 0.335 e. The van der Waals surface area contributed by atoms with Gasteiger partial charge < -0.3 is 84.2 Å². The molecule has 68 heavy (non-hydrogen) atoms. The van der Waals surface area contributed by atoms with Gasteiger partial charge in [0.2, 0.25) is 6.29 Å². The van der Waals surface area contributed by atoms with Crippen LogP contribution in [-0.2, 0) is 47.5 Å². The lowest BCUT2D eigenvalue weighted by Gasteiger charge is -2.71. The number of aliphatic hydroxyl groups excluding tert-OH is 9. The number of carbonyl (C=O) groups excluding carboxylic acids is 2. The summed E-state index contributed by atoms with van der Waals surface area (Å²) in [6, 6.07) is 0. The Balaban J connectivity index is 1.05. The van der Waals surface area contributed by atoms with Crippen LogP contribution in [0.4, 0.5) is 0 Å². The summed E-state index contributed by atoms with van der Waals surface area (Å²) in [6.07, 6.45) is -16.3. The molecule has 0 aromatic carbocycles. The fourth-order valence-corrected chi connectivity index (χ4v) is 15.0. The zero-order chi connectivity index (χ0) is 49.8. The topological polar surface area (TPSA) is 318 Å². The van der Waals surface area contributed by atoms with Crippen LogP contribution in [0.2, 0.25) is 0 Å². The molecule has 0 amide bonds. The molecular weight excluding hydrogens is 897 g/mol. The number of hydrogen-bond acceptors (Lipinski definition) is 19. The molecule has 0 aromatic rings. The van der Waals surface area contributed by atoms with E-state index in [2.05, 4.69) is 40.7 Å². The van der Waals surface area contributed by atoms with Crippen LogP contribution in [0.25, 0.3) is 0 Å². The third kappa shape index (κ3) is 7.90. The number of methoxy groups -OCH3 is 1. The molecule has 23 atom stereocenters. The van der Waals surface area contributed by atoms with Gasteiger partial charge in [-0.25, -0.2) is 4.79 Å². The molecule has 0 bridgehead atoms. The summed E-state index contributed by atoms with van der Waals surface area (Å²) >= 11 is 0. The van der Waals surface area contributed by atoms with Crippen molar-refractivity contribution >= 4 is 17.9 Å².